The van der Waals surface area contributed by atoms with Crippen LogP contribution in [-0.4, -0.2) is 43.8 Å². The van der Waals surface area contributed by atoms with Crippen LogP contribution < -0.4 is 0 Å². The van der Waals surface area contributed by atoms with Crippen LogP contribution in [0.3, 0.4) is 0 Å². The van der Waals surface area contributed by atoms with Crippen LogP contribution in [0, 0.1) is 12.8 Å². The first-order valence-corrected chi connectivity index (χ1v) is 9.78. The lowest BCUT2D eigenvalue weighted by Crippen LogP contribution is -2.43. The molecule has 4 rings (SSSR count). The van der Waals surface area contributed by atoms with Gasteiger partial charge in [0.2, 0.25) is 17.6 Å². The SMILES string of the molecule is Cc1ccccc1-c1noc(C[C@H]2CCCN(C(=O)[C@H](C)n3cccn3)C2)n1. The van der Waals surface area contributed by atoms with Gasteiger partial charge in [0.05, 0.1) is 0 Å². The zero-order valence-electron chi connectivity index (χ0n) is 16.3. The number of aromatic nitrogens is 4. The van der Waals surface area contributed by atoms with E-state index in [-0.39, 0.29) is 11.9 Å². The monoisotopic (exact) mass is 379 g/mol. The van der Waals surface area contributed by atoms with Crippen molar-refractivity contribution in [3.05, 3.63) is 54.2 Å². The van der Waals surface area contributed by atoms with E-state index >= 15 is 0 Å². The van der Waals surface area contributed by atoms with Crippen LogP contribution in [0.1, 0.15) is 37.3 Å². The molecule has 3 heterocycles. The molecule has 1 amide bonds. The summed E-state index contributed by atoms with van der Waals surface area (Å²) < 4.78 is 7.21. The van der Waals surface area contributed by atoms with E-state index in [1.165, 1.54) is 0 Å². The Morgan fingerprint density at radius 3 is 2.96 bits per heavy atom. The molecule has 2 aromatic heterocycles. The molecule has 1 fully saturated rings. The fraction of sp³-hybridized carbons (Fsp3) is 0.429. The zero-order chi connectivity index (χ0) is 19.5. The molecule has 0 aliphatic carbocycles. The van der Waals surface area contributed by atoms with E-state index in [4.69, 9.17) is 4.52 Å². The van der Waals surface area contributed by atoms with E-state index in [9.17, 15) is 4.79 Å². The highest BCUT2D eigenvalue weighted by Gasteiger charge is 2.29. The summed E-state index contributed by atoms with van der Waals surface area (Å²) >= 11 is 0. The maximum absolute atomic E-state index is 12.8. The minimum Gasteiger partial charge on any atom is -0.341 e. The summed E-state index contributed by atoms with van der Waals surface area (Å²) in [4.78, 5) is 19.4. The van der Waals surface area contributed by atoms with Crippen LogP contribution in [0.2, 0.25) is 0 Å². The highest BCUT2D eigenvalue weighted by Crippen LogP contribution is 2.25. The quantitative estimate of drug-likeness (QED) is 0.680. The number of hydrogen-bond acceptors (Lipinski definition) is 5. The fourth-order valence-corrected chi connectivity index (χ4v) is 3.84. The van der Waals surface area contributed by atoms with Gasteiger partial charge in [0.25, 0.3) is 0 Å². The minimum atomic E-state index is -0.287. The molecule has 1 aliphatic heterocycles. The molecular formula is C21H25N5O2. The van der Waals surface area contributed by atoms with Crippen LogP contribution in [0.5, 0.6) is 0 Å². The van der Waals surface area contributed by atoms with Crippen molar-refractivity contribution in [1.82, 2.24) is 24.8 Å². The highest BCUT2D eigenvalue weighted by molar-refractivity contribution is 5.80. The average molecular weight is 379 g/mol. The Hall–Kier alpha value is -2.96. The van der Waals surface area contributed by atoms with Gasteiger partial charge in [-0.3, -0.25) is 9.48 Å². The molecule has 0 unspecified atom stereocenters. The molecule has 146 valence electrons. The third-order valence-corrected chi connectivity index (χ3v) is 5.43. The predicted molar refractivity (Wildman–Crippen MR) is 104 cm³/mol. The van der Waals surface area contributed by atoms with Gasteiger partial charge in [-0.1, -0.05) is 29.4 Å². The number of piperidine rings is 1. The molecule has 3 aromatic rings. The first kappa shape index (κ1) is 18.4. The largest absolute Gasteiger partial charge is 0.341 e. The molecule has 0 N–H and O–H groups in total. The van der Waals surface area contributed by atoms with Crippen molar-refractivity contribution < 1.29 is 9.32 Å². The molecule has 0 bridgehead atoms. The number of likely N-dealkylation sites (tertiary alicyclic amines) is 1. The smallest absolute Gasteiger partial charge is 0.247 e. The predicted octanol–water partition coefficient (Wildman–Crippen LogP) is 3.28. The Bertz CT molecular complexity index is 934. The highest BCUT2D eigenvalue weighted by atomic mass is 16.5. The second kappa shape index (κ2) is 7.96. The van der Waals surface area contributed by atoms with Crippen molar-refractivity contribution in [2.75, 3.05) is 13.1 Å². The van der Waals surface area contributed by atoms with E-state index in [1.54, 1.807) is 10.9 Å². The minimum absolute atomic E-state index is 0.111. The van der Waals surface area contributed by atoms with E-state index in [1.807, 2.05) is 55.3 Å². The van der Waals surface area contributed by atoms with Gasteiger partial charge in [-0.05, 0) is 44.2 Å². The number of rotatable bonds is 5. The van der Waals surface area contributed by atoms with Gasteiger partial charge in [0.15, 0.2) is 0 Å². The van der Waals surface area contributed by atoms with Gasteiger partial charge >= 0.3 is 0 Å². The lowest BCUT2D eigenvalue weighted by Gasteiger charge is -2.33. The van der Waals surface area contributed by atoms with Gasteiger partial charge in [-0.2, -0.15) is 10.1 Å². The van der Waals surface area contributed by atoms with Crippen LogP contribution in [0.15, 0.2) is 47.2 Å². The normalized spacial score (nSPS) is 18.2. The topological polar surface area (TPSA) is 77.0 Å². The summed E-state index contributed by atoms with van der Waals surface area (Å²) in [6.45, 7) is 5.44. The first-order chi connectivity index (χ1) is 13.6. The van der Waals surface area contributed by atoms with Crippen molar-refractivity contribution in [2.24, 2.45) is 5.92 Å². The van der Waals surface area contributed by atoms with Gasteiger partial charge < -0.3 is 9.42 Å². The van der Waals surface area contributed by atoms with Crippen LogP contribution >= 0.6 is 0 Å². The van der Waals surface area contributed by atoms with Gasteiger partial charge in [-0.25, -0.2) is 0 Å². The summed E-state index contributed by atoms with van der Waals surface area (Å²) in [7, 11) is 0. The number of carbonyl (C=O) groups is 1. The number of nitrogens with zero attached hydrogens (tertiary/aromatic N) is 5. The number of benzene rings is 1. The summed E-state index contributed by atoms with van der Waals surface area (Å²) in [6.07, 6.45) is 6.27. The number of aryl methyl sites for hydroxylation is 1. The second-order valence-corrected chi connectivity index (χ2v) is 7.49. The Morgan fingerprint density at radius 2 is 2.18 bits per heavy atom. The van der Waals surface area contributed by atoms with Crippen LogP contribution in [0.4, 0.5) is 0 Å². The van der Waals surface area contributed by atoms with Crippen molar-refractivity contribution in [3.63, 3.8) is 0 Å². The van der Waals surface area contributed by atoms with Crippen molar-refractivity contribution in [3.8, 4) is 11.4 Å². The molecule has 28 heavy (non-hydrogen) atoms. The summed E-state index contributed by atoms with van der Waals surface area (Å²) in [5.41, 5.74) is 2.11. The molecule has 1 aromatic carbocycles. The summed E-state index contributed by atoms with van der Waals surface area (Å²) in [6, 6.07) is 9.56. The van der Waals surface area contributed by atoms with Gasteiger partial charge in [-0.15, -0.1) is 0 Å². The fourth-order valence-electron chi connectivity index (χ4n) is 3.84. The molecule has 0 saturated carbocycles. The third kappa shape index (κ3) is 3.83. The second-order valence-electron chi connectivity index (χ2n) is 7.49. The summed E-state index contributed by atoms with van der Waals surface area (Å²) in [5.74, 6) is 1.70. The molecular weight excluding hydrogens is 354 g/mol. The molecule has 1 saturated heterocycles. The number of amides is 1. The maximum Gasteiger partial charge on any atom is 0.247 e. The number of carbonyl (C=O) groups excluding carboxylic acids is 1. The Kier molecular flexibility index (Phi) is 5.23. The van der Waals surface area contributed by atoms with E-state index in [0.717, 1.165) is 30.5 Å². The zero-order valence-corrected chi connectivity index (χ0v) is 16.3. The Balaban J connectivity index is 1.40. The standard InChI is InChI=1S/C21H25N5O2/c1-15-7-3-4-9-18(15)20-23-19(28-24-20)13-17-8-5-11-25(14-17)21(27)16(2)26-12-6-10-22-26/h3-4,6-7,9-10,12,16-17H,5,8,11,13-14H2,1-2H3/t16-,17+/m0/s1. The summed E-state index contributed by atoms with van der Waals surface area (Å²) in [5, 5.41) is 8.34. The molecule has 7 heteroatoms. The maximum atomic E-state index is 12.8. The Labute approximate surface area is 164 Å². The van der Waals surface area contributed by atoms with Gasteiger partial charge in [0.1, 0.15) is 6.04 Å². The van der Waals surface area contributed by atoms with E-state index in [2.05, 4.69) is 15.2 Å². The molecule has 0 radical (unpaired) electrons. The lowest BCUT2D eigenvalue weighted by atomic mass is 9.94. The van der Waals surface area contributed by atoms with Crippen molar-refractivity contribution >= 4 is 5.91 Å². The van der Waals surface area contributed by atoms with E-state index < -0.39 is 0 Å². The Morgan fingerprint density at radius 1 is 1.32 bits per heavy atom. The first-order valence-electron chi connectivity index (χ1n) is 9.78. The molecule has 7 nitrogen and oxygen atoms in total. The van der Waals surface area contributed by atoms with Crippen LogP contribution in [0.25, 0.3) is 11.4 Å². The lowest BCUT2D eigenvalue weighted by molar-refractivity contribution is -0.136. The average Bonchev–Trinajstić information content (AvgIpc) is 3.40. The molecule has 0 spiro atoms. The third-order valence-electron chi connectivity index (χ3n) is 5.43. The van der Waals surface area contributed by atoms with E-state index in [0.29, 0.717) is 30.6 Å². The molecule has 2 atom stereocenters. The van der Waals surface area contributed by atoms with Crippen molar-refractivity contribution in [1.29, 1.82) is 0 Å². The van der Waals surface area contributed by atoms with Gasteiger partial charge in [0, 0.05) is 37.5 Å². The van der Waals surface area contributed by atoms with Crippen molar-refractivity contribution in [2.45, 2.75) is 39.2 Å². The van der Waals surface area contributed by atoms with Crippen LogP contribution in [-0.2, 0) is 11.2 Å². The number of hydrogen-bond donors (Lipinski definition) is 0. The molecule has 1 aliphatic rings.